The van der Waals surface area contributed by atoms with Crippen LogP contribution in [0.15, 0.2) is 47.6 Å². The van der Waals surface area contributed by atoms with Crippen molar-refractivity contribution in [2.45, 2.75) is 19.4 Å². The van der Waals surface area contributed by atoms with Crippen LogP contribution in [0.3, 0.4) is 0 Å². The first-order chi connectivity index (χ1) is 8.17. The van der Waals surface area contributed by atoms with E-state index in [0.717, 1.165) is 11.3 Å². The lowest BCUT2D eigenvalue weighted by atomic mass is 9.92. The van der Waals surface area contributed by atoms with Gasteiger partial charge < -0.3 is 0 Å². The lowest BCUT2D eigenvalue weighted by molar-refractivity contribution is 0.473. The zero-order chi connectivity index (χ0) is 11.9. The molecule has 3 heteroatoms. The van der Waals surface area contributed by atoms with Crippen LogP contribution in [-0.2, 0) is 0 Å². The van der Waals surface area contributed by atoms with Crippen molar-refractivity contribution in [3.8, 4) is 0 Å². The standard InChI is InChI=1S/C14H15N3/c1-14(2)13(15-17-16-14)12-8-7-10-5-3-4-6-11(10)9-12/h3-9,16-17H,1-2H3. The van der Waals surface area contributed by atoms with Gasteiger partial charge in [0.1, 0.15) is 0 Å². The van der Waals surface area contributed by atoms with Gasteiger partial charge in [0.05, 0.1) is 11.3 Å². The molecule has 3 nitrogen and oxygen atoms in total. The second kappa shape index (κ2) is 3.57. The largest absolute Gasteiger partial charge is 0.242 e. The van der Waals surface area contributed by atoms with Crippen molar-refractivity contribution in [1.82, 2.24) is 11.0 Å². The molecule has 0 amide bonds. The monoisotopic (exact) mass is 225 g/mol. The van der Waals surface area contributed by atoms with Crippen LogP contribution >= 0.6 is 0 Å². The van der Waals surface area contributed by atoms with Gasteiger partial charge in [-0.2, -0.15) is 5.10 Å². The van der Waals surface area contributed by atoms with Crippen molar-refractivity contribution >= 4 is 16.5 Å². The van der Waals surface area contributed by atoms with Crippen molar-refractivity contribution in [1.29, 1.82) is 0 Å². The molecule has 1 aliphatic rings. The third-order valence-electron chi connectivity index (χ3n) is 3.15. The highest BCUT2D eigenvalue weighted by Crippen LogP contribution is 2.21. The van der Waals surface area contributed by atoms with Crippen LogP contribution in [0.25, 0.3) is 10.8 Å². The van der Waals surface area contributed by atoms with E-state index in [1.54, 1.807) is 0 Å². The van der Waals surface area contributed by atoms with Crippen LogP contribution in [0.5, 0.6) is 0 Å². The molecule has 17 heavy (non-hydrogen) atoms. The van der Waals surface area contributed by atoms with Gasteiger partial charge in [0.15, 0.2) is 0 Å². The topological polar surface area (TPSA) is 36.4 Å². The number of hydrogen-bond acceptors (Lipinski definition) is 3. The first-order valence-electron chi connectivity index (χ1n) is 5.76. The molecule has 0 saturated carbocycles. The van der Waals surface area contributed by atoms with E-state index in [1.165, 1.54) is 10.8 Å². The highest BCUT2D eigenvalue weighted by molar-refractivity contribution is 6.09. The number of nitrogens with one attached hydrogen (secondary N) is 2. The van der Waals surface area contributed by atoms with Crippen LogP contribution in [0, 0.1) is 0 Å². The second-order valence-electron chi connectivity index (χ2n) is 4.88. The number of hydrazone groups is 1. The number of hydrazine groups is 1. The van der Waals surface area contributed by atoms with Gasteiger partial charge in [-0.05, 0) is 30.7 Å². The molecule has 0 saturated heterocycles. The molecule has 2 N–H and O–H groups in total. The predicted octanol–water partition coefficient (Wildman–Crippen LogP) is 2.43. The second-order valence-corrected chi connectivity index (χ2v) is 4.88. The minimum atomic E-state index is -0.136. The van der Waals surface area contributed by atoms with Crippen LogP contribution in [-0.4, -0.2) is 11.3 Å². The molecule has 0 atom stereocenters. The third kappa shape index (κ3) is 1.68. The van der Waals surface area contributed by atoms with Crippen molar-refractivity contribution in [3.05, 3.63) is 48.0 Å². The van der Waals surface area contributed by atoms with E-state index in [-0.39, 0.29) is 5.54 Å². The maximum Gasteiger partial charge on any atom is 0.0904 e. The Morgan fingerprint density at radius 1 is 1.00 bits per heavy atom. The lowest BCUT2D eigenvalue weighted by Gasteiger charge is -2.19. The van der Waals surface area contributed by atoms with Crippen LogP contribution < -0.4 is 11.0 Å². The van der Waals surface area contributed by atoms with Gasteiger partial charge in [-0.15, -0.1) is 0 Å². The summed E-state index contributed by atoms with van der Waals surface area (Å²) in [6.07, 6.45) is 0. The van der Waals surface area contributed by atoms with Crippen LogP contribution in [0.2, 0.25) is 0 Å². The predicted molar refractivity (Wildman–Crippen MR) is 70.8 cm³/mol. The molecule has 0 aliphatic carbocycles. The number of fused-ring (bicyclic) bond motifs is 1. The van der Waals surface area contributed by atoms with Gasteiger partial charge in [-0.25, -0.2) is 11.0 Å². The summed E-state index contributed by atoms with van der Waals surface area (Å²) in [6.45, 7) is 4.22. The number of nitrogens with zero attached hydrogens (tertiary/aromatic N) is 1. The number of hydrogen-bond donors (Lipinski definition) is 2. The summed E-state index contributed by atoms with van der Waals surface area (Å²) in [7, 11) is 0. The highest BCUT2D eigenvalue weighted by Gasteiger charge is 2.30. The van der Waals surface area contributed by atoms with Gasteiger partial charge in [-0.1, -0.05) is 36.4 Å². The smallest absolute Gasteiger partial charge is 0.0904 e. The highest BCUT2D eigenvalue weighted by atomic mass is 15.6. The molecule has 3 rings (SSSR count). The molecule has 2 aromatic carbocycles. The number of benzene rings is 2. The summed E-state index contributed by atoms with van der Waals surface area (Å²) in [5, 5.41) is 6.82. The summed E-state index contributed by atoms with van der Waals surface area (Å²) in [4.78, 5) is 0. The van der Waals surface area contributed by atoms with Crippen molar-refractivity contribution in [3.63, 3.8) is 0 Å². The fraction of sp³-hybridized carbons (Fsp3) is 0.214. The Kier molecular flexibility index (Phi) is 2.16. The SMILES string of the molecule is CC1(C)NNN=C1c1ccc2ccccc2c1. The Balaban J connectivity index is 2.13. The molecular formula is C14H15N3. The van der Waals surface area contributed by atoms with E-state index < -0.39 is 0 Å². The molecule has 0 bridgehead atoms. The van der Waals surface area contributed by atoms with E-state index in [4.69, 9.17) is 0 Å². The molecule has 0 spiro atoms. The summed E-state index contributed by atoms with van der Waals surface area (Å²) in [6, 6.07) is 14.8. The minimum absolute atomic E-state index is 0.136. The Bertz CT molecular complexity index is 599. The summed E-state index contributed by atoms with van der Waals surface area (Å²) in [5.41, 5.74) is 8.05. The molecule has 0 aromatic heterocycles. The first kappa shape index (κ1) is 10.3. The molecule has 1 heterocycles. The van der Waals surface area contributed by atoms with E-state index in [2.05, 4.69) is 72.4 Å². The van der Waals surface area contributed by atoms with Crippen molar-refractivity contribution in [2.24, 2.45) is 5.10 Å². The van der Waals surface area contributed by atoms with E-state index >= 15 is 0 Å². The fourth-order valence-electron chi connectivity index (χ4n) is 2.18. The molecule has 0 unspecified atom stereocenters. The summed E-state index contributed by atoms with van der Waals surface area (Å²) < 4.78 is 0. The fourth-order valence-corrected chi connectivity index (χ4v) is 2.18. The van der Waals surface area contributed by atoms with Crippen molar-refractivity contribution in [2.75, 3.05) is 0 Å². The first-order valence-corrected chi connectivity index (χ1v) is 5.76. The molecule has 0 radical (unpaired) electrons. The lowest BCUT2D eigenvalue weighted by Crippen LogP contribution is -2.44. The summed E-state index contributed by atoms with van der Waals surface area (Å²) in [5.74, 6) is 0. The van der Waals surface area contributed by atoms with E-state index in [0.29, 0.717) is 0 Å². The Hall–Kier alpha value is -1.87. The third-order valence-corrected chi connectivity index (χ3v) is 3.15. The Morgan fingerprint density at radius 2 is 1.76 bits per heavy atom. The maximum atomic E-state index is 4.32. The Labute approximate surface area is 101 Å². The molecule has 0 fully saturated rings. The van der Waals surface area contributed by atoms with Gasteiger partial charge in [-0.3, -0.25) is 0 Å². The Morgan fingerprint density at radius 3 is 2.47 bits per heavy atom. The molecular weight excluding hydrogens is 210 g/mol. The minimum Gasteiger partial charge on any atom is -0.242 e. The van der Waals surface area contributed by atoms with Gasteiger partial charge >= 0.3 is 0 Å². The van der Waals surface area contributed by atoms with Gasteiger partial charge in [0.2, 0.25) is 0 Å². The maximum absolute atomic E-state index is 4.32. The van der Waals surface area contributed by atoms with Crippen LogP contribution in [0.1, 0.15) is 19.4 Å². The van der Waals surface area contributed by atoms with Crippen LogP contribution in [0.4, 0.5) is 0 Å². The number of rotatable bonds is 1. The molecule has 1 aliphatic heterocycles. The van der Waals surface area contributed by atoms with Crippen molar-refractivity contribution < 1.29 is 0 Å². The molecule has 2 aromatic rings. The normalized spacial score (nSPS) is 17.9. The summed E-state index contributed by atoms with van der Waals surface area (Å²) >= 11 is 0. The average Bonchev–Trinajstić information content (AvgIpc) is 2.68. The van der Waals surface area contributed by atoms with Gasteiger partial charge in [0, 0.05) is 5.56 Å². The zero-order valence-corrected chi connectivity index (χ0v) is 9.99. The van der Waals surface area contributed by atoms with E-state index in [9.17, 15) is 0 Å². The molecule has 86 valence electrons. The zero-order valence-electron chi connectivity index (χ0n) is 9.99. The van der Waals surface area contributed by atoms with Gasteiger partial charge in [0.25, 0.3) is 0 Å². The quantitative estimate of drug-likeness (QED) is 0.782. The average molecular weight is 225 g/mol. The van der Waals surface area contributed by atoms with E-state index in [1.807, 2.05) is 0 Å².